The van der Waals surface area contributed by atoms with Gasteiger partial charge in [-0.05, 0) is 160 Å². The average molecular weight is 908 g/mol. The molecule has 1 aliphatic carbocycles. The highest BCUT2D eigenvalue weighted by Gasteiger charge is 2.58. The number of rotatable bonds is 3. The Bertz CT molecular complexity index is 3380. The van der Waals surface area contributed by atoms with E-state index in [9.17, 15) is 0 Å². The van der Waals surface area contributed by atoms with Crippen molar-refractivity contribution in [2.24, 2.45) is 0 Å². The molecule has 7 aromatic carbocycles. The van der Waals surface area contributed by atoms with Crippen molar-refractivity contribution in [2.75, 3.05) is 14.7 Å². The third-order valence-corrected chi connectivity index (χ3v) is 18.1. The van der Waals surface area contributed by atoms with Crippen LogP contribution in [0, 0.1) is 6.92 Å². The summed E-state index contributed by atoms with van der Waals surface area (Å²) in [7, 11) is 0. The Labute approximate surface area is 409 Å². The van der Waals surface area contributed by atoms with Gasteiger partial charge in [0.1, 0.15) is 0 Å². The molecule has 2 atom stereocenters. The van der Waals surface area contributed by atoms with Gasteiger partial charge in [-0.2, -0.15) is 0 Å². The predicted molar refractivity (Wildman–Crippen MR) is 297 cm³/mol. The molecule has 1 aromatic heterocycles. The van der Waals surface area contributed by atoms with Gasteiger partial charge in [0.15, 0.2) is 0 Å². The van der Waals surface area contributed by atoms with Crippen LogP contribution in [0.15, 0.2) is 133 Å². The second kappa shape index (κ2) is 14.6. The van der Waals surface area contributed by atoms with Crippen LogP contribution in [0.1, 0.15) is 130 Å². The summed E-state index contributed by atoms with van der Waals surface area (Å²) in [6, 6.07) is 52.9. The summed E-state index contributed by atoms with van der Waals surface area (Å²) in [5, 5.41) is 2.64. The minimum atomic E-state index is -0.0733. The van der Waals surface area contributed by atoms with Crippen LogP contribution in [0.5, 0.6) is 0 Å². The minimum absolute atomic E-state index is 0.0190. The Morgan fingerprint density at radius 1 is 0.485 bits per heavy atom. The number of anilines is 8. The molecule has 5 heteroatoms. The molecular weight excluding hydrogens is 842 g/mol. The third kappa shape index (κ3) is 6.29. The Balaban J connectivity index is 1.14. The molecule has 0 saturated heterocycles. The zero-order valence-corrected chi connectivity index (χ0v) is 43.2. The van der Waals surface area contributed by atoms with Gasteiger partial charge in [0, 0.05) is 71.1 Å². The van der Waals surface area contributed by atoms with E-state index in [2.05, 4.69) is 231 Å². The number of thiophene rings is 1. The fraction of sp³-hybridized carbons (Fsp3) is 0.333. The maximum absolute atomic E-state index is 2.79. The third-order valence-electron chi connectivity index (χ3n) is 16.9. The SMILES string of the molecule is Cc1cc2c3c(c1)N(c1ccc4sc5ccccc5c4c1)c1cc(N4c5ccc(C(C)(C)C)cc5C5(C)CCCCC45C)ccc1B3c1cc(C(C)(C)C)ccc1N2c1ccc(C(C)(C)C)cc1. The van der Waals surface area contributed by atoms with E-state index >= 15 is 0 Å². The summed E-state index contributed by atoms with van der Waals surface area (Å²) in [6.45, 7) is 28.6. The fourth-order valence-corrected chi connectivity index (χ4v) is 13.9. The van der Waals surface area contributed by atoms with Crippen molar-refractivity contribution < 1.29 is 0 Å². The van der Waals surface area contributed by atoms with Crippen molar-refractivity contribution in [3.8, 4) is 0 Å². The van der Waals surface area contributed by atoms with Crippen molar-refractivity contribution in [3.05, 3.63) is 161 Å². The molecule has 2 unspecified atom stereocenters. The molecule has 4 heterocycles. The molecule has 4 aliphatic rings. The second-order valence-electron chi connectivity index (χ2n) is 24.3. The van der Waals surface area contributed by atoms with Crippen molar-refractivity contribution in [3.63, 3.8) is 0 Å². The van der Waals surface area contributed by atoms with Crippen LogP contribution in [-0.4, -0.2) is 12.3 Å². The van der Waals surface area contributed by atoms with E-state index in [1.54, 1.807) is 0 Å². The largest absolute Gasteiger partial charge is 0.334 e. The molecule has 342 valence electrons. The summed E-state index contributed by atoms with van der Waals surface area (Å²) < 4.78 is 2.66. The first-order valence-electron chi connectivity index (χ1n) is 25.2. The molecule has 12 rings (SSSR count). The number of aryl methyl sites for hydroxylation is 1. The maximum Gasteiger partial charge on any atom is 0.252 e. The standard InChI is InChI=1S/C63H66BN3S/c1-39-33-54-58-55(34-39)66(44-26-30-57-47(37-44)46-17-13-14-18-56(46)68-57)53-38-45(67-51-28-21-41(60(5,6)7)35-48(51)62(11)31-15-16-32-63(62,67)12)25-27-49(53)64(58)50-36-42(61(8,9)10)22-29-52(50)65(54)43-23-19-40(20-24-43)59(2,3)4/h13-14,17-30,33-38H,15-16,31-32H2,1-12H3. The van der Waals surface area contributed by atoms with E-state index in [0.29, 0.717) is 0 Å². The highest BCUT2D eigenvalue weighted by molar-refractivity contribution is 7.25. The van der Waals surface area contributed by atoms with E-state index in [0.717, 1.165) is 6.42 Å². The van der Waals surface area contributed by atoms with Crippen LogP contribution >= 0.6 is 11.3 Å². The molecule has 3 aliphatic heterocycles. The molecule has 0 radical (unpaired) electrons. The highest BCUT2D eigenvalue weighted by atomic mass is 32.1. The van der Waals surface area contributed by atoms with Crippen LogP contribution in [-0.2, 0) is 21.7 Å². The van der Waals surface area contributed by atoms with E-state index in [1.807, 2.05) is 11.3 Å². The first-order valence-corrected chi connectivity index (χ1v) is 26.1. The summed E-state index contributed by atoms with van der Waals surface area (Å²) in [5.74, 6) is 0. The van der Waals surface area contributed by atoms with Gasteiger partial charge in [0.05, 0.1) is 5.54 Å². The highest BCUT2D eigenvalue weighted by Crippen LogP contribution is 2.62. The molecule has 0 amide bonds. The zero-order chi connectivity index (χ0) is 47.4. The minimum Gasteiger partial charge on any atom is -0.334 e. The van der Waals surface area contributed by atoms with E-state index < -0.39 is 0 Å². The van der Waals surface area contributed by atoms with Crippen molar-refractivity contribution in [2.45, 2.75) is 136 Å². The van der Waals surface area contributed by atoms with Gasteiger partial charge in [-0.3, -0.25) is 0 Å². The van der Waals surface area contributed by atoms with Crippen molar-refractivity contribution >= 4 is 100 Å². The molecule has 0 N–H and O–H groups in total. The Morgan fingerprint density at radius 2 is 1.07 bits per heavy atom. The van der Waals surface area contributed by atoms with Gasteiger partial charge in [-0.25, -0.2) is 0 Å². The molecule has 0 bridgehead atoms. The zero-order valence-electron chi connectivity index (χ0n) is 42.4. The van der Waals surface area contributed by atoms with Crippen molar-refractivity contribution in [1.82, 2.24) is 0 Å². The lowest BCUT2D eigenvalue weighted by Crippen LogP contribution is -2.61. The monoisotopic (exact) mass is 908 g/mol. The summed E-state index contributed by atoms with van der Waals surface area (Å²) in [4.78, 5) is 8.00. The first-order chi connectivity index (χ1) is 32.2. The molecule has 8 aromatic rings. The number of fused-ring (bicyclic) bond motifs is 10. The predicted octanol–water partition coefficient (Wildman–Crippen LogP) is 16.1. The van der Waals surface area contributed by atoms with E-state index in [-0.39, 0.29) is 33.9 Å². The molecule has 0 spiro atoms. The summed E-state index contributed by atoms with van der Waals surface area (Å²) >= 11 is 1.89. The number of nitrogens with zero attached hydrogens (tertiary/aromatic N) is 3. The Morgan fingerprint density at radius 3 is 1.78 bits per heavy atom. The van der Waals surface area contributed by atoms with Gasteiger partial charge in [-0.1, -0.05) is 143 Å². The van der Waals surface area contributed by atoms with Crippen molar-refractivity contribution in [1.29, 1.82) is 0 Å². The Kier molecular flexibility index (Phi) is 9.36. The number of hydrogen-bond donors (Lipinski definition) is 0. The molecule has 1 saturated carbocycles. The van der Waals surface area contributed by atoms with Crippen LogP contribution in [0.25, 0.3) is 20.2 Å². The molecule has 1 fully saturated rings. The molecular formula is C63H66BN3S. The second-order valence-corrected chi connectivity index (χ2v) is 25.4. The van der Waals surface area contributed by atoms with E-state index in [4.69, 9.17) is 0 Å². The van der Waals surface area contributed by atoms with Gasteiger partial charge in [0.25, 0.3) is 6.71 Å². The lowest BCUT2D eigenvalue weighted by molar-refractivity contribution is 0.195. The summed E-state index contributed by atoms with van der Waals surface area (Å²) in [6.07, 6.45) is 4.88. The van der Waals surface area contributed by atoms with E-state index in [1.165, 1.54) is 129 Å². The maximum atomic E-state index is 2.79. The van der Waals surface area contributed by atoms with Crippen LogP contribution < -0.4 is 31.1 Å². The Hall–Kier alpha value is -5.78. The van der Waals surface area contributed by atoms with Crippen LogP contribution in [0.2, 0.25) is 0 Å². The smallest absolute Gasteiger partial charge is 0.252 e. The number of hydrogen-bond acceptors (Lipinski definition) is 4. The summed E-state index contributed by atoms with van der Waals surface area (Å²) in [5.41, 5.74) is 21.2. The molecule has 3 nitrogen and oxygen atoms in total. The normalized spacial score (nSPS) is 19.8. The van der Waals surface area contributed by atoms with Gasteiger partial charge < -0.3 is 14.7 Å². The average Bonchev–Trinajstić information content (AvgIpc) is 3.76. The van der Waals surface area contributed by atoms with Gasteiger partial charge in [0.2, 0.25) is 0 Å². The lowest BCUT2D eigenvalue weighted by Gasteiger charge is -2.50. The topological polar surface area (TPSA) is 9.72 Å². The van der Waals surface area contributed by atoms with Gasteiger partial charge in [-0.15, -0.1) is 11.3 Å². The molecule has 68 heavy (non-hydrogen) atoms. The van der Waals surface area contributed by atoms with Crippen LogP contribution in [0.3, 0.4) is 0 Å². The first kappa shape index (κ1) is 43.5. The quantitative estimate of drug-likeness (QED) is 0.164. The fourth-order valence-electron chi connectivity index (χ4n) is 12.9. The number of benzene rings is 7. The van der Waals surface area contributed by atoms with Crippen LogP contribution in [0.4, 0.5) is 45.5 Å². The van der Waals surface area contributed by atoms with Gasteiger partial charge >= 0.3 is 0 Å². The lowest BCUT2D eigenvalue weighted by atomic mass is 9.33.